The molecule has 0 spiro atoms. The van der Waals surface area contributed by atoms with Crippen molar-refractivity contribution in [2.75, 3.05) is 13.7 Å². The summed E-state index contributed by atoms with van der Waals surface area (Å²) in [6.07, 6.45) is 5.14. The van der Waals surface area contributed by atoms with E-state index in [0.717, 1.165) is 28.8 Å². The zero-order chi connectivity index (χ0) is 17.9. The van der Waals surface area contributed by atoms with Gasteiger partial charge in [0.05, 0.1) is 18.4 Å². The number of fused-ring (bicyclic) bond motifs is 1. The van der Waals surface area contributed by atoms with Gasteiger partial charge in [0.15, 0.2) is 0 Å². The number of ether oxygens (including phenoxy) is 1. The molecule has 2 aromatic heterocycles. The lowest BCUT2D eigenvalue weighted by Crippen LogP contribution is -2.36. The highest BCUT2D eigenvalue weighted by atomic mass is 16.5. The Balaban J connectivity index is 1.54. The first kappa shape index (κ1) is 16.3. The summed E-state index contributed by atoms with van der Waals surface area (Å²) in [7, 11) is 1.57. The first-order chi connectivity index (χ1) is 12.7. The second kappa shape index (κ2) is 7.00. The fourth-order valence-electron chi connectivity index (χ4n) is 3.31. The fourth-order valence-corrected chi connectivity index (χ4v) is 3.31. The van der Waals surface area contributed by atoms with E-state index in [1.54, 1.807) is 13.3 Å². The average molecular weight is 348 g/mol. The lowest BCUT2D eigenvalue weighted by Gasteiger charge is -2.28. The highest BCUT2D eigenvalue weighted by Gasteiger charge is 2.25. The molecule has 132 valence electrons. The summed E-state index contributed by atoms with van der Waals surface area (Å²) in [5.41, 5.74) is 4.86. The molecular weight excluding hydrogens is 328 g/mol. The van der Waals surface area contributed by atoms with Crippen LogP contribution in [0.15, 0.2) is 48.8 Å². The molecule has 1 aromatic carbocycles. The van der Waals surface area contributed by atoms with Gasteiger partial charge in [0.25, 0.3) is 5.91 Å². The molecule has 0 radical (unpaired) electrons. The molecule has 0 fully saturated rings. The molecule has 0 saturated carbocycles. The van der Waals surface area contributed by atoms with Crippen molar-refractivity contribution < 1.29 is 9.53 Å². The minimum Gasteiger partial charge on any atom is -0.480 e. The Bertz CT molecular complexity index is 921. The topological polar surface area (TPSA) is 71.1 Å². The fraction of sp³-hybridized carbons (Fsp3) is 0.250. The van der Waals surface area contributed by atoms with Gasteiger partial charge in [0, 0.05) is 43.5 Å². The average Bonchev–Trinajstić information content (AvgIpc) is 3.15. The van der Waals surface area contributed by atoms with Crippen LogP contribution in [-0.2, 0) is 19.4 Å². The highest BCUT2D eigenvalue weighted by Crippen LogP contribution is 2.23. The summed E-state index contributed by atoms with van der Waals surface area (Å²) in [5.74, 6) is 0.517. The third-order valence-corrected chi connectivity index (χ3v) is 4.71. The monoisotopic (exact) mass is 348 g/mol. The number of hydrogen-bond donors (Lipinski definition) is 1. The van der Waals surface area contributed by atoms with E-state index in [-0.39, 0.29) is 5.91 Å². The molecular formula is C20H20N4O2. The Labute approximate surface area is 151 Å². The number of methoxy groups -OCH3 is 1. The zero-order valence-electron chi connectivity index (χ0n) is 14.6. The van der Waals surface area contributed by atoms with Gasteiger partial charge in [-0.2, -0.15) is 5.10 Å². The first-order valence-electron chi connectivity index (χ1n) is 8.63. The number of benzene rings is 1. The largest absolute Gasteiger partial charge is 0.480 e. The van der Waals surface area contributed by atoms with E-state index >= 15 is 0 Å². The molecule has 0 saturated heterocycles. The predicted octanol–water partition coefficient (Wildman–Crippen LogP) is 2.60. The van der Waals surface area contributed by atoms with Gasteiger partial charge in [-0.15, -0.1) is 5.10 Å². The SMILES string of the molecule is COc1cc2c(nn1)CCN(C(=O)c1c[nH]cc1Cc1ccccc1)C2. The van der Waals surface area contributed by atoms with E-state index in [1.807, 2.05) is 35.4 Å². The summed E-state index contributed by atoms with van der Waals surface area (Å²) in [6.45, 7) is 1.17. The van der Waals surface area contributed by atoms with Crippen LogP contribution in [0.5, 0.6) is 5.88 Å². The van der Waals surface area contributed by atoms with Crippen molar-refractivity contribution in [3.05, 3.63) is 76.7 Å². The summed E-state index contributed by atoms with van der Waals surface area (Å²) in [4.78, 5) is 18.0. The maximum atomic E-state index is 13.1. The Hall–Kier alpha value is -3.15. The lowest BCUT2D eigenvalue weighted by molar-refractivity contribution is 0.0732. The molecule has 0 aliphatic carbocycles. The van der Waals surface area contributed by atoms with Crippen molar-refractivity contribution in [2.24, 2.45) is 0 Å². The van der Waals surface area contributed by atoms with Crippen molar-refractivity contribution in [3.8, 4) is 5.88 Å². The number of carbonyl (C=O) groups is 1. The number of nitrogens with zero attached hydrogens (tertiary/aromatic N) is 3. The van der Waals surface area contributed by atoms with Crippen LogP contribution in [0.4, 0.5) is 0 Å². The van der Waals surface area contributed by atoms with Crippen molar-refractivity contribution in [3.63, 3.8) is 0 Å². The normalized spacial score (nSPS) is 13.3. The molecule has 3 heterocycles. The van der Waals surface area contributed by atoms with Gasteiger partial charge in [0.2, 0.25) is 5.88 Å². The van der Waals surface area contributed by atoms with Crippen LogP contribution < -0.4 is 4.74 Å². The number of aromatic amines is 1. The number of rotatable bonds is 4. The standard InChI is InChI=1S/C20H20N4O2/c1-26-19-10-16-13-24(8-7-18(16)22-23-19)20(25)17-12-21-11-15(17)9-14-5-3-2-4-6-14/h2-6,10-12,21H,7-9,13H2,1H3. The van der Waals surface area contributed by atoms with E-state index in [1.165, 1.54) is 5.56 Å². The van der Waals surface area contributed by atoms with Gasteiger partial charge in [-0.25, -0.2) is 0 Å². The van der Waals surface area contributed by atoms with Crippen LogP contribution in [0.3, 0.4) is 0 Å². The van der Waals surface area contributed by atoms with Crippen molar-refractivity contribution in [1.82, 2.24) is 20.1 Å². The number of hydrogen-bond acceptors (Lipinski definition) is 4. The molecule has 0 bridgehead atoms. The van der Waals surface area contributed by atoms with Crippen LogP contribution >= 0.6 is 0 Å². The number of amides is 1. The minimum atomic E-state index is 0.0404. The third-order valence-electron chi connectivity index (χ3n) is 4.71. The van der Waals surface area contributed by atoms with Gasteiger partial charge >= 0.3 is 0 Å². The number of carbonyl (C=O) groups excluding carboxylic acids is 1. The molecule has 26 heavy (non-hydrogen) atoms. The van der Waals surface area contributed by atoms with Crippen molar-refractivity contribution >= 4 is 5.91 Å². The number of H-pyrrole nitrogens is 1. The van der Waals surface area contributed by atoms with E-state index in [2.05, 4.69) is 27.3 Å². The van der Waals surface area contributed by atoms with Crippen molar-refractivity contribution in [1.29, 1.82) is 0 Å². The van der Waals surface area contributed by atoms with Crippen LogP contribution in [0.25, 0.3) is 0 Å². The molecule has 0 unspecified atom stereocenters. The summed E-state index contributed by atoms with van der Waals surface area (Å²) < 4.78 is 5.15. The Morgan fingerprint density at radius 2 is 2.08 bits per heavy atom. The molecule has 1 aliphatic rings. The molecule has 1 amide bonds. The third kappa shape index (κ3) is 3.18. The molecule has 6 heteroatoms. The molecule has 1 N–H and O–H groups in total. The highest BCUT2D eigenvalue weighted by molar-refractivity contribution is 5.95. The van der Waals surface area contributed by atoms with Gasteiger partial charge in [-0.3, -0.25) is 4.79 Å². The Morgan fingerprint density at radius 3 is 2.88 bits per heavy atom. The van der Waals surface area contributed by atoms with Gasteiger partial charge in [0.1, 0.15) is 0 Å². The molecule has 4 rings (SSSR count). The second-order valence-corrected chi connectivity index (χ2v) is 6.39. The van der Waals surface area contributed by atoms with E-state index in [9.17, 15) is 4.79 Å². The zero-order valence-corrected chi connectivity index (χ0v) is 14.6. The van der Waals surface area contributed by atoms with Gasteiger partial charge in [-0.05, 0) is 17.5 Å². The summed E-state index contributed by atoms with van der Waals surface area (Å²) in [5, 5.41) is 8.21. The number of aromatic nitrogens is 3. The second-order valence-electron chi connectivity index (χ2n) is 6.39. The van der Waals surface area contributed by atoms with Crippen molar-refractivity contribution in [2.45, 2.75) is 19.4 Å². The van der Waals surface area contributed by atoms with E-state index in [4.69, 9.17) is 4.74 Å². The molecule has 1 aliphatic heterocycles. The van der Waals surface area contributed by atoms with Crippen LogP contribution in [0.2, 0.25) is 0 Å². The maximum absolute atomic E-state index is 13.1. The quantitative estimate of drug-likeness (QED) is 0.787. The van der Waals surface area contributed by atoms with Gasteiger partial charge < -0.3 is 14.6 Å². The Kier molecular flexibility index (Phi) is 4.39. The molecule has 3 aromatic rings. The van der Waals surface area contributed by atoms with Gasteiger partial charge in [-0.1, -0.05) is 30.3 Å². The number of nitrogens with one attached hydrogen (secondary N) is 1. The Morgan fingerprint density at radius 1 is 1.23 bits per heavy atom. The van der Waals surface area contributed by atoms with Crippen LogP contribution in [0.1, 0.15) is 32.7 Å². The van der Waals surface area contributed by atoms with Crippen LogP contribution in [0, 0.1) is 0 Å². The van der Waals surface area contributed by atoms with Crippen LogP contribution in [-0.4, -0.2) is 39.6 Å². The molecule has 6 nitrogen and oxygen atoms in total. The summed E-state index contributed by atoms with van der Waals surface area (Å²) >= 11 is 0. The summed E-state index contributed by atoms with van der Waals surface area (Å²) in [6, 6.07) is 12.0. The lowest BCUT2D eigenvalue weighted by atomic mass is 10.0. The van der Waals surface area contributed by atoms with E-state index < -0.39 is 0 Å². The maximum Gasteiger partial charge on any atom is 0.255 e. The van der Waals surface area contributed by atoms with E-state index in [0.29, 0.717) is 25.4 Å². The predicted molar refractivity (Wildman–Crippen MR) is 97.1 cm³/mol. The first-order valence-corrected chi connectivity index (χ1v) is 8.63. The smallest absolute Gasteiger partial charge is 0.255 e. The molecule has 0 atom stereocenters. The minimum absolute atomic E-state index is 0.0404.